The maximum Gasteiger partial charge on any atom is 0.387 e. The maximum atomic E-state index is 12.8. The molecule has 9 heteroatoms. The van der Waals surface area contributed by atoms with Crippen molar-refractivity contribution in [2.45, 2.75) is 30.9 Å². The first kappa shape index (κ1) is 22.4. The second kappa shape index (κ2) is 10.0. The summed E-state index contributed by atoms with van der Waals surface area (Å²) in [4.78, 5) is 0.175. The van der Waals surface area contributed by atoms with Crippen LogP contribution in [-0.2, 0) is 23.0 Å². The fraction of sp³-hybridized carbons (Fsp3) is 0.368. The van der Waals surface area contributed by atoms with E-state index >= 15 is 0 Å². The number of alkyl halides is 3. The first-order valence-electron chi connectivity index (χ1n) is 8.51. The first-order valence-corrected chi connectivity index (χ1v) is 10.5. The van der Waals surface area contributed by atoms with Crippen molar-refractivity contribution in [3.05, 3.63) is 53.6 Å². The molecule has 0 aliphatic rings. The molecule has 0 atom stereocenters. The molecule has 0 aliphatic heterocycles. The van der Waals surface area contributed by atoms with Gasteiger partial charge in [-0.3, -0.25) is 0 Å². The van der Waals surface area contributed by atoms with Gasteiger partial charge in [-0.2, -0.15) is 13.1 Å². The van der Waals surface area contributed by atoms with Crippen LogP contribution in [0.3, 0.4) is 0 Å². The summed E-state index contributed by atoms with van der Waals surface area (Å²) in [6, 6.07) is 11.0. The summed E-state index contributed by atoms with van der Waals surface area (Å²) in [6.07, 6.45) is 1.60. The lowest BCUT2D eigenvalue weighted by Crippen LogP contribution is -2.26. The Morgan fingerprint density at radius 2 is 1.71 bits per heavy atom. The molecule has 2 aromatic carbocycles. The molecule has 28 heavy (non-hydrogen) atoms. The Balaban J connectivity index is 2.15. The van der Waals surface area contributed by atoms with Crippen LogP contribution in [0.2, 0.25) is 0 Å². The summed E-state index contributed by atoms with van der Waals surface area (Å²) in [6.45, 7) is -2.93. The van der Waals surface area contributed by atoms with Crippen molar-refractivity contribution in [1.82, 2.24) is 4.31 Å². The summed E-state index contributed by atoms with van der Waals surface area (Å²) >= 11 is 5.67. The van der Waals surface area contributed by atoms with Crippen LogP contribution in [0.5, 0.6) is 11.5 Å². The normalized spacial score (nSPS) is 11.8. The van der Waals surface area contributed by atoms with Gasteiger partial charge in [0.2, 0.25) is 10.0 Å². The molecule has 0 heterocycles. The molecule has 0 unspecified atom stereocenters. The second-order valence-corrected chi connectivity index (χ2v) is 8.48. The molecule has 0 bridgehead atoms. The number of hydrogen-bond donors (Lipinski definition) is 0. The van der Waals surface area contributed by atoms with Gasteiger partial charge in [0.05, 0.1) is 12.0 Å². The van der Waals surface area contributed by atoms with Crippen molar-refractivity contribution in [3.8, 4) is 11.5 Å². The average Bonchev–Trinajstić information content (AvgIpc) is 2.67. The van der Waals surface area contributed by atoms with Crippen molar-refractivity contribution in [3.63, 3.8) is 0 Å². The van der Waals surface area contributed by atoms with Crippen molar-refractivity contribution >= 4 is 21.6 Å². The van der Waals surface area contributed by atoms with E-state index in [2.05, 4.69) is 4.74 Å². The van der Waals surface area contributed by atoms with E-state index in [-0.39, 0.29) is 22.9 Å². The summed E-state index contributed by atoms with van der Waals surface area (Å²) in [5.41, 5.74) is 1.59. The Morgan fingerprint density at radius 1 is 1.07 bits per heavy atom. The molecule has 0 aromatic heterocycles. The van der Waals surface area contributed by atoms with E-state index in [1.54, 1.807) is 24.3 Å². The highest BCUT2D eigenvalue weighted by Gasteiger charge is 2.21. The Labute approximate surface area is 168 Å². The van der Waals surface area contributed by atoms with Crippen LogP contribution < -0.4 is 9.47 Å². The lowest BCUT2D eigenvalue weighted by atomic mass is 10.1. The highest BCUT2D eigenvalue weighted by atomic mass is 35.5. The van der Waals surface area contributed by atoms with Crippen LogP contribution in [0.15, 0.2) is 47.4 Å². The van der Waals surface area contributed by atoms with Crippen molar-refractivity contribution in [2.75, 3.05) is 20.0 Å². The largest absolute Gasteiger partial charge is 0.493 e. The quantitative estimate of drug-likeness (QED) is 0.524. The lowest BCUT2D eigenvalue weighted by molar-refractivity contribution is -0.0512. The first-order chi connectivity index (χ1) is 13.3. The average molecular weight is 434 g/mol. The number of hydrogen-bond acceptors (Lipinski definition) is 4. The predicted molar refractivity (Wildman–Crippen MR) is 104 cm³/mol. The fourth-order valence-corrected chi connectivity index (χ4v) is 3.92. The van der Waals surface area contributed by atoms with E-state index in [4.69, 9.17) is 16.3 Å². The Hall–Kier alpha value is -1.90. The van der Waals surface area contributed by atoms with Crippen LogP contribution in [-0.4, -0.2) is 39.4 Å². The van der Waals surface area contributed by atoms with Crippen LogP contribution in [0, 0.1) is 0 Å². The zero-order valence-corrected chi connectivity index (χ0v) is 17.1. The molecule has 2 rings (SSSR count). The third kappa shape index (κ3) is 5.80. The number of benzene rings is 2. The molecule has 0 saturated carbocycles. The zero-order chi connectivity index (χ0) is 20.7. The maximum absolute atomic E-state index is 12.8. The minimum absolute atomic E-state index is 0.0433. The molecule has 2 aromatic rings. The SMILES string of the molecule is COc1cc(CN(C)S(=O)(=O)c2ccc(CCCCl)cc2)ccc1OC(F)F. The molecule has 0 aliphatic carbocycles. The van der Waals surface area contributed by atoms with Crippen LogP contribution >= 0.6 is 11.6 Å². The summed E-state index contributed by atoms with van der Waals surface area (Å²) in [5, 5.41) is 0. The number of nitrogens with zero attached hydrogens (tertiary/aromatic N) is 1. The van der Waals surface area contributed by atoms with Gasteiger partial charge in [-0.1, -0.05) is 18.2 Å². The second-order valence-electron chi connectivity index (χ2n) is 6.06. The molecule has 0 spiro atoms. The lowest BCUT2D eigenvalue weighted by Gasteiger charge is -2.18. The van der Waals surface area contributed by atoms with Gasteiger partial charge in [0.25, 0.3) is 0 Å². The van der Waals surface area contributed by atoms with Crippen molar-refractivity contribution < 1.29 is 26.7 Å². The van der Waals surface area contributed by atoms with Gasteiger partial charge in [-0.25, -0.2) is 8.42 Å². The van der Waals surface area contributed by atoms with Crippen molar-refractivity contribution in [2.24, 2.45) is 0 Å². The summed E-state index contributed by atoms with van der Waals surface area (Å²) < 4.78 is 61.0. The molecule has 0 radical (unpaired) electrons. The Morgan fingerprint density at radius 3 is 2.29 bits per heavy atom. The van der Waals surface area contributed by atoms with Crippen LogP contribution in [0.4, 0.5) is 8.78 Å². The van der Waals surface area contributed by atoms with E-state index in [0.29, 0.717) is 11.4 Å². The van der Waals surface area contributed by atoms with E-state index in [1.165, 1.54) is 36.7 Å². The molecule has 0 amide bonds. The van der Waals surface area contributed by atoms with E-state index < -0.39 is 16.6 Å². The van der Waals surface area contributed by atoms with Gasteiger partial charge in [0.15, 0.2) is 11.5 Å². The van der Waals surface area contributed by atoms with Gasteiger partial charge in [0, 0.05) is 19.5 Å². The van der Waals surface area contributed by atoms with Gasteiger partial charge in [0.1, 0.15) is 0 Å². The van der Waals surface area contributed by atoms with Gasteiger partial charge in [-0.15, -0.1) is 11.6 Å². The molecule has 0 N–H and O–H groups in total. The van der Waals surface area contributed by atoms with E-state index in [1.807, 2.05) is 0 Å². The standard InChI is InChI=1S/C19H22ClF2NO4S/c1-23(13-15-7-10-17(27-19(21)22)18(12-15)26-2)28(24,25)16-8-5-14(6-9-16)4-3-11-20/h5-10,12,19H,3-4,11,13H2,1-2H3. The van der Waals surface area contributed by atoms with Gasteiger partial charge < -0.3 is 9.47 Å². The van der Waals surface area contributed by atoms with Crippen LogP contribution in [0.25, 0.3) is 0 Å². The van der Waals surface area contributed by atoms with E-state index in [0.717, 1.165) is 18.4 Å². The minimum atomic E-state index is -3.71. The third-order valence-electron chi connectivity index (χ3n) is 4.08. The van der Waals surface area contributed by atoms with Gasteiger partial charge >= 0.3 is 6.61 Å². The van der Waals surface area contributed by atoms with Crippen LogP contribution in [0.1, 0.15) is 17.5 Å². The Bertz CT molecular complexity index is 876. The highest BCUT2D eigenvalue weighted by Crippen LogP contribution is 2.30. The number of rotatable bonds is 10. The van der Waals surface area contributed by atoms with Gasteiger partial charge in [-0.05, 0) is 48.2 Å². The summed E-state index contributed by atoms with van der Waals surface area (Å²) in [5.74, 6) is 0.541. The molecular weight excluding hydrogens is 412 g/mol. The molecule has 154 valence electrons. The fourth-order valence-electron chi connectivity index (χ4n) is 2.62. The molecule has 0 saturated heterocycles. The zero-order valence-electron chi connectivity index (χ0n) is 15.6. The monoisotopic (exact) mass is 433 g/mol. The topological polar surface area (TPSA) is 55.8 Å². The number of ether oxygens (including phenoxy) is 2. The minimum Gasteiger partial charge on any atom is -0.493 e. The number of aryl methyl sites for hydroxylation is 1. The highest BCUT2D eigenvalue weighted by molar-refractivity contribution is 7.89. The Kier molecular flexibility index (Phi) is 8.03. The molecular formula is C19H22ClF2NO4S. The molecule has 0 fully saturated rings. The smallest absolute Gasteiger partial charge is 0.387 e. The van der Waals surface area contributed by atoms with Crippen molar-refractivity contribution in [1.29, 1.82) is 0 Å². The number of halogens is 3. The molecule has 5 nitrogen and oxygen atoms in total. The number of sulfonamides is 1. The number of methoxy groups -OCH3 is 1. The third-order valence-corrected chi connectivity index (χ3v) is 6.16. The van der Waals surface area contributed by atoms with E-state index in [9.17, 15) is 17.2 Å². The summed E-state index contributed by atoms with van der Waals surface area (Å²) in [7, 11) is -0.934. The predicted octanol–water partition coefficient (Wildman–Crippen LogP) is 4.29.